The van der Waals surface area contributed by atoms with Gasteiger partial charge in [-0.1, -0.05) is 0 Å². The molecule has 0 saturated carbocycles. The van der Waals surface area contributed by atoms with E-state index in [1.54, 1.807) is 41.1 Å². The summed E-state index contributed by atoms with van der Waals surface area (Å²) in [6, 6.07) is 11.8. The molecule has 148 valence electrons. The number of aromatic carboxylic acids is 1. The fourth-order valence-electron chi connectivity index (χ4n) is 3.04. The lowest BCUT2D eigenvalue weighted by atomic mass is 10.1. The Balaban J connectivity index is 1.72. The maximum absolute atomic E-state index is 12.9. The van der Waals surface area contributed by atoms with Crippen LogP contribution < -0.4 is 10.2 Å². The van der Waals surface area contributed by atoms with Crippen LogP contribution in [0.3, 0.4) is 0 Å². The molecule has 9 heteroatoms. The maximum Gasteiger partial charge on any atom is 0.336 e. The van der Waals surface area contributed by atoms with Crippen molar-refractivity contribution in [3.63, 3.8) is 0 Å². The third kappa shape index (κ3) is 3.35. The predicted octanol–water partition coefficient (Wildman–Crippen LogP) is 2.24. The zero-order valence-electron chi connectivity index (χ0n) is 15.4. The number of rotatable bonds is 4. The molecule has 1 aliphatic rings. The Labute approximate surface area is 169 Å². The summed E-state index contributed by atoms with van der Waals surface area (Å²) < 4.78 is 1.68. The third-order valence-corrected chi connectivity index (χ3v) is 4.47. The summed E-state index contributed by atoms with van der Waals surface area (Å²) in [6.45, 7) is 0. The van der Waals surface area contributed by atoms with Crippen LogP contribution in [-0.2, 0) is 9.59 Å². The number of carboxylic acid groups (broad SMARTS) is 1. The molecular formula is C21H14N4O5. The first-order valence-electron chi connectivity index (χ1n) is 8.78. The Bertz CT molecular complexity index is 1200. The molecule has 2 aromatic heterocycles. The molecule has 1 aromatic carbocycles. The molecule has 2 N–H and O–H groups in total. The molecule has 1 aliphatic heterocycles. The summed E-state index contributed by atoms with van der Waals surface area (Å²) in [5.74, 6) is -2.62. The van der Waals surface area contributed by atoms with Crippen molar-refractivity contribution >= 4 is 35.6 Å². The fraction of sp³-hybridized carbons (Fsp3) is 0. The molecule has 3 aromatic rings. The summed E-state index contributed by atoms with van der Waals surface area (Å²) in [7, 11) is 0. The molecule has 1 fully saturated rings. The van der Waals surface area contributed by atoms with Crippen molar-refractivity contribution in [1.29, 1.82) is 0 Å². The molecule has 0 bridgehead atoms. The summed E-state index contributed by atoms with van der Waals surface area (Å²) in [5.41, 5.74) is 1.29. The number of hydrogen-bond donors (Lipinski definition) is 2. The van der Waals surface area contributed by atoms with Crippen LogP contribution in [0, 0.1) is 0 Å². The lowest BCUT2D eigenvalue weighted by Crippen LogP contribution is -2.54. The topological polar surface area (TPSA) is 122 Å². The van der Waals surface area contributed by atoms with Crippen molar-refractivity contribution in [2.75, 3.05) is 4.90 Å². The van der Waals surface area contributed by atoms with Gasteiger partial charge in [0.1, 0.15) is 5.57 Å². The number of aromatic nitrogens is 2. The van der Waals surface area contributed by atoms with Gasteiger partial charge in [0.05, 0.1) is 17.4 Å². The molecule has 3 heterocycles. The molecule has 0 atom stereocenters. The van der Waals surface area contributed by atoms with E-state index in [9.17, 15) is 19.2 Å². The van der Waals surface area contributed by atoms with Gasteiger partial charge in [0.25, 0.3) is 11.8 Å². The van der Waals surface area contributed by atoms with Gasteiger partial charge in [-0.2, -0.15) is 0 Å². The number of barbiturate groups is 1. The van der Waals surface area contributed by atoms with Crippen LogP contribution in [0.25, 0.3) is 11.8 Å². The van der Waals surface area contributed by atoms with E-state index in [0.717, 1.165) is 4.90 Å². The number of nitrogens with one attached hydrogen (secondary N) is 1. The molecule has 4 rings (SSSR count). The van der Waals surface area contributed by atoms with Gasteiger partial charge < -0.3 is 9.67 Å². The number of carbonyl (C=O) groups excluding carboxylic acids is 3. The highest BCUT2D eigenvalue weighted by molar-refractivity contribution is 6.39. The maximum atomic E-state index is 12.9. The first kappa shape index (κ1) is 18.8. The van der Waals surface area contributed by atoms with Crippen LogP contribution >= 0.6 is 0 Å². The minimum absolute atomic E-state index is 0.137. The zero-order chi connectivity index (χ0) is 21.3. The number of urea groups is 1. The number of carboxylic acids is 1. The van der Waals surface area contributed by atoms with Crippen LogP contribution in [-0.4, -0.2) is 38.5 Å². The Morgan fingerprint density at radius 2 is 1.77 bits per heavy atom. The highest BCUT2D eigenvalue weighted by Gasteiger charge is 2.37. The SMILES string of the molecule is O=C1NC(=O)N(c2cccnc2)C(=O)C1=Cc1cccn1-c1ccc(C(=O)O)cc1. The first-order valence-corrected chi connectivity index (χ1v) is 8.78. The number of anilines is 1. The number of hydrogen-bond acceptors (Lipinski definition) is 5. The number of imide groups is 2. The van der Waals surface area contributed by atoms with Crippen molar-refractivity contribution in [1.82, 2.24) is 14.9 Å². The highest BCUT2D eigenvalue weighted by atomic mass is 16.4. The minimum Gasteiger partial charge on any atom is -0.478 e. The smallest absolute Gasteiger partial charge is 0.336 e. The standard InChI is InChI=1S/C21H14N4O5/c26-18-17(19(27)25(21(30)23-18)16-3-1-9-22-12-16)11-15-4-2-10-24(15)14-7-5-13(6-8-14)20(28)29/h1-12H,(H,28,29)(H,23,26,30). The van der Waals surface area contributed by atoms with Crippen LogP contribution in [0.1, 0.15) is 16.1 Å². The lowest BCUT2D eigenvalue weighted by molar-refractivity contribution is -0.122. The number of amides is 4. The monoisotopic (exact) mass is 402 g/mol. The summed E-state index contributed by atoms with van der Waals surface area (Å²) in [5, 5.41) is 11.2. The molecule has 0 spiro atoms. The molecule has 0 radical (unpaired) electrons. The second kappa shape index (κ2) is 7.47. The van der Waals surface area contributed by atoms with Gasteiger partial charge in [-0.15, -0.1) is 0 Å². The number of carbonyl (C=O) groups is 4. The van der Waals surface area contributed by atoms with Crippen molar-refractivity contribution < 1.29 is 24.3 Å². The van der Waals surface area contributed by atoms with E-state index in [2.05, 4.69) is 10.3 Å². The Morgan fingerprint density at radius 3 is 2.43 bits per heavy atom. The van der Waals surface area contributed by atoms with Crippen molar-refractivity contribution in [3.05, 3.63) is 84.0 Å². The molecular weight excluding hydrogens is 388 g/mol. The molecule has 0 aliphatic carbocycles. The summed E-state index contributed by atoms with van der Waals surface area (Å²) in [4.78, 5) is 53.2. The average molecular weight is 402 g/mol. The van der Waals surface area contributed by atoms with Crippen molar-refractivity contribution in [3.8, 4) is 5.69 Å². The quantitative estimate of drug-likeness (QED) is 0.510. The molecule has 4 amide bonds. The van der Waals surface area contributed by atoms with Gasteiger partial charge in [-0.05, 0) is 54.6 Å². The third-order valence-electron chi connectivity index (χ3n) is 4.47. The number of pyridine rings is 1. The van der Waals surface area contributed by atoms with Crippen LogP contribution in [0.2, 0.25) is 0 Å². The second-order valence-electron chi connectivity index (χ2n) is 6.32. The first-order chi connectivity index (χ1) is 14.5. The number of nitrogens with zero attached hydrogens (tertiary/aromatic N) is 3. The number of benzene rings is 1. The molecule has 0 unspecified atom stereocenters. The lowest BCUT2D eigenvalue weighted by Gasteiger charge is -2.26. The van der Waals surface area contributed by atoms with Gasteiger partial charge in [0, 0.05) is 23.8 Å². The van der Waals surface area contributed by atoms with E-state index in [1.165, 1.54) is 36.7 Å². The fourth-order valence-corrected chi connectivity index (χ4v) is 3.04. The summed E-state index contributed by atoms with van der Waals surface area (Å²) in [6.07, 6.45) is 5.92. The normalized spacial score (nSPS) is 15.4. The van der Waals surface area contributed by atoms with E-state index in [1.807, 2.05) is 0 Å². The van der Waals surface area contributed by atoms with E-state index in [0.29, 0.717) is 11.4 Å². The Hall–Kier alpha value is -4.53. The van der Waals surface area contributed by atoms with Crippen molar-refractivity contribution in [2.45, 2.75) is 0 Å². The Morgan fingerprint density at radius 1 is 1.00 bits per heavy atom. The van der Waals surface area contributed by atoms with E-state index < -0.39 is 23.8 Å². The van der Waals surface area contributed by atoms with Crippen LogP contribution in [0.5, 0.6) is 0 Å². The van der Waals surface area contributed by atoms with Gasteiger partial charge in [-0.3, -0.25) is 19.9 Å². The zero-order valence-corrected chi connectivity index (χ0v) is 15.4. The average Bonchev–Trinajstić information content (AvgIpc) is 3.20. The van der Waals surface area contributed by atoms with Crippen LogP contribution in [0.15, 0.2) is 72.7 Å². The molecule has 1 saturated heterocycles. The van der Waals surface area contributed by atoms with E-state index in [4.69, 9.17) is 5.11 Å². The van der Waals surface area contributed by atoms with E-state index >= 15 is 0 Å². The van der Waals surface area contributed by atoms with Gasteiger partial charge in [0.15, 0.2) is 0 Å². The van der Waals surface area contributed by atoms with Gasteiger partial charge >= 0.3 is 12.0 Å². The van der Waals surface area contributed by atoms with Gasteiger partial charge in [-0.25, -0.2) is 14.5 Å². The largest absolute Gasteiger partial charge is 0.478 e. The minimum atomic E-state index is -1.04. The van der Waals surface area contributed by atoms with Crippen LogP contribution in [0.4, 0.5) is 10.5 Å². The summed E-state index contributed by atoms with van der Waals surface area (Å²) >= 11 is 0. The predicted molar refractivity (Wildman–Crippen MR) is 106 cm³/mol. The second-order valence-corrected chi connectivity index (χ2v) is 6.32. The van der Waals surface area contributed by atoms with E-state index in [-0.39, 0.29) is 16.8 Å². The highest BCUT2D eigenvalue weighted by Crippen LogP contribution is 2.22. The molecule has 9 nitrogen and oxygen atoms in total. The van der Waals surface area contributed by atoms with Crippen molar-refractivity contribution in [2.24, 2.45) is 0 Å². The Kier molecular flexibility index (Phi) is 4.69. The van der Waals surface area contributed by atoms with Gasteiger partial charge in [0.2, 0.25) is 0 Å². The molecule has 30 heavy (non-hydrogen) atoms.